The molecule has 1 amide bonds. The van der Waals surface area contributed by atoms with Gasteiger partial charge < -0.3 is 29.0 Å². The number of rotatable bonds is 24. The number of carbonyl (C=O) groups is 1. The molecule has 9 atom stereocenters. The number of hydrogen-bond acceptors (Lipinski definition) is 21. The normalized spacial score (nSPS) is 23.1. The van der Waals surface area contributed by atoms with Gasteiger partial charge in [0.05, 0.1) is 84.6 Å². The maximum atomic E-state index is 16.2. The van der Waals surface area contributed by atoms with E-state index < -0.39 is 96.5 Å². The fourth-order valence-corrected chi connectivity index (χ4v) is 18.3. The molecular formula is C81H76N5O18P3. The Hall–Kier alpha value is -8.87. The first-order chi connectivity index (χ1) is 52.4. The Morgan fingerprint density at radius 2 is 0.860 bits per heavy atom. The number of benzene rings is 9. The van der Waals surface area contributed by atoms with Gasteiger partial charge in [0, 0.05) is 11.5 Å². The van der Waals surface area contributed by atoms with Crippen LogP contribution in [0.5, 0.6) is 0 Å². The monoisotopic (exact) mass is 1500 g/mol. The third kappa shape index (κ3) is 16.2. The molecule has 548 valence electrons. The molecular weight excluding hydrogens is 1420 g/mol. The molecule has 5 aliphatic rings. The number of ether oxygens (including phenoxy) is 5. The van der Waals surface area contributed by atoms with Crippen LogP contribution >= 0.6 is 23.5 Å². The topological polar surface area (TPSA) is 253 Å². The smallest absolute Gasteiger partial charge is 0.374 e. The number of aromatic nitrogens is 4. The third-order valence-corrected chi connectivity index (χ3v) is 23.9. The van der Waals surface area contributed by atoms with E-state index in [0.717, 1.165) is 33.4 Å². The first-order valence-corrected chi connectivity index (χ1v) is 39.7. The standard InChI is InChI=1S/C81H76N5O18P3/c87-79(58-29-11-3-12-30-58)85-77-72-78(83-54-82-77)86(55-84-72)80-73(102-105(88)94-46-59-31-19-20-32-60(59)47-95-105)68(70(101-80)52-91-44-56-25-7-1-8-26-56)43-69-74(92-45-57-27-9-2-10-28-57)76(104-107(90)98-50-63-35-23-24-36-64(63)51-99-107)75(103-106(89)96-48-61-33-21-22-34-62(61)49-97-106)71(100-69)53-93-81(65-37-13-4-14-38-65,66-39-15-5-16-40-66)67-41-17-6-18-42-67/h1-42,54-55,68-71,73-76,80H,43-53H2,(H,82,83,85,87)/t68-,69-,70-,71-,73-,74+,75-,76-,80-/m1/s1. The number of carbonyl (C=O) groups excluding carboxylic acids is 1. The highest BCUT2D eigenvalue weighted by atomic mass is 31.2. The van der Waals surface area contributed by atoms with Crippen LogP contribution in [0.25, 0.3) is 11.2 Å². The Labute approximate surface area is 618 Å². The Morgan fingerprint density at radius 1 is 0.439 bits per heavy atom. The summed E-state index contributed by atoms with van der Waals surface area (Å²) in [7, 11) is -14.3. The van der Waals surface area contributed by atoms with E-state index in [1.807, 2.05) is 231 Å². The van der Waals surface area contributed by atoms with Crippen LogP contribution in [-0.4, -0.2) is 81.4 Å². The second kappa shape index (κ2) is 32.5. The van der Waals surface area contributed by atoms with Gasteiger partial charge in [-0.3, -0.25) is 50.1 Å². The number of nitrogens with zero attached hydrogens (tertiary/aromatic N) is 4. The van der Waals surface area contributed by atoms with Crippen molar-refractivity contribution in [2.75, 3.05) is 18.5 Å². The van der Waals surface area contributed by atoms with Gasteiger partial charge in [-0.25, -0.2) is 28.6 Å². The number of fused-ring (bicyclic) bond motifs is 4. The van der Waals surface area contributed by atoms with Crippen LogP contribution in [0.1, 0.15) is 84.2 Å². The molecule has 1 N–H and O–H groups in total. The summed E-state index contributed by atoms with van der Waals surface area (Å²) in [6, 6.07) is 79.1. The second-order valence-corrected chi connectivity index (χ2v) is 31.3. The molecule has 0 spiro atoms. The fourth-order valence-electron chi connectivity index (χ4n) is 14.3. The van der Waals surface area contributed by atoms with E-state index in [1.54, 1.807) is 28.8 Å². The van der Waals surface area contributed by atoms with Gasteiger partial charge in [0.1, 0.15) is 42.4 Å². The summed E-state index contributed by atoms with van der Waals surface area (Å²) in [5.41, 5.74) is 7.41. The van der Waals surface area contributed by atoms with Gasteiger partial charge in [-0.2, -0.15) is 0 Å². The van der Waals surface area contributed by atoms with Crippen LogP contribution in [0, 0.1) is 5.92 Å². The average molecular weight is 1500 g/mol. The Balaban J connectivity index is 0.865. The van der Waals surface area contributed by atoms with E-state index >= 15 is 13.7 Å². The predicted octanol–water partition coefficient (Wildman–Crippen LogP) is 16.3. The first-order valence-electron chi connectivity index (χ1n) is 35.3. The van der Waals surface area contributed by atoms with Crippen LogP contribution in [0.3, 0.4) is 0 Å². The summed E-state index contributed by atoms with van der Waals surface area (Å²) in [4.78, 5) is 27.9. The molecule has 11 aromatic rings. The fraction of sp³-hybridized carbons (Fsp3) is 0.259. The predicted molar refractivity (Wildman–Crippen MR) is 392 cm³/mol. The summed E-state index contributed by atoms with van der Waals surface area (Å²) in [6.07, 6.45) is -8.68. The average Bonchev–Trinajstić information content (AvgIpc) is 1.37. The number of amides is 1. The largest absolute Gasteiger partial charge is 0.475 e. The van der Waals surface area contributed by atoms with Gasteiger partial charge in [-0.15, -0.1) is 0 Å². The van der Waals surface area contributed by atoms with E-state index in [1.165, 1.54) is 12.7 Å². The number of phosphoric acid groups is 3. The second-order valence-electron chi connectivity index (χ2n) is 26.4. The SMILES string of the molecule is O=C(Nc1ncnc2c1ncn2[C@@H]1O[C@H](COCc2ccccc2)[C@@H](C[C@H]2O[C@H](COC(c3ccccc3)(c3ccccc3)c3ccccc3)[C@@H](OP3(=O)OCc4ccccc4CO3)[C@H](OP3(=O)OCc4ccccc4CO3)[C@H]2OCc2ccccc2)[C@H]1OP1(=O)OCc2ccccc2CO1)c1ccccc1. The van der Waals surface area contributed by atoms with Crippen molar-refractivity contribution in [1.82, 2.24) is 19.5 Å². The summed E-state index contributed by atoms with van der Waals surface area (Å²) < 4.78 is 146. The zero-order valence-corrected chi connectivity index (χ0v) is 60.5. The highest BCUT2D eigenvalue weighted by Gasteiger charge is 2.59. The lowest BCUT2D eigenvalue weighted by atomic mass is 9.80. The Morgan fingerprint density at radius 3 is 1.34 bits per heavy atom. The van der Waals surface area contributed by atoms with Gasteiger partial charge in [-0.1, -0.05) is 243 Å². The number of anilines is 1. The van der Waals surface area contributed by atoms with Crippen LogP contribution in [0.2, 0.25) is 0 Å². The summed E-state index contributed by atoms with van der Waals surface area (Å²) >= 11 is 0. The molecule has 0 bridgehead atoms. The molecule has 0 radical (unpaired) electrons. The van der Waals surface area contributed by atoms with Gasteiger partial charge in [-0.05, 0) is 79.8 Å². The highest BCUT2D eigenvalue weighted by molar-refractivity contribution is 7.49. The van der Waals surface area contributed by atoms with Gasteiger partial charge in [0.15, 0.2) is 23.2 Å². The van der Waals surface area contributed by atoms with Crippen molar-refractivity contribution in [3.8, 4) is 0 Å². The minimum absolute atomic E-state index is 0.0928. The van der Waals surface area contributed by atoms with Crippen molar-refractivity contribution in [2.45, 2.75) is 114 Å². The molecule has 2 saturated heterocycles. The molecule has 0 aliphatic carbocycles. The summed E-state index contributed by atoms with van der Waals surface area (Å²) in [5, 5.41) is 2.91. The van der Waals surface area contributed by atoms with Crippen molar-refractivity contribution < 1.29 is 82.9 Å². The summed E-state index contributed by atoms with van der Waals surface area (Å²) in [6.45, 7) is -1.58. The van der Waals surface area contributed by atoms with Gasteiger partial charge in [0.2, 0.25) is 0 Å². The molecule has 0 saturated carbocycles. The minimum atomic E-state index is -4.84. The maximum Gasteiger partial charge on any atom is 0.475 e. The zero-order chi connectivity index (χ0) is 72.6. The van der Waals surface area contributed by atoms with Crippen LogP contribution in [0.4, 0.5) is 5.82 Å². The number of imidazole rings is 1. The van der Waals surface area contributed by atoms with Crippen LogP contribution < -0.4 is 5.32 Å². The molecule has 0 unspecified atom stereocenters. The van der Waals surface area contributed by atoms with Crippen molar-refractivity contribution in [1.29, 1.82) is 0 Å². The number of hydrogen-bond donors (Lipinski definition) is 1. The first kappa shape index (κ1) is 72.3. The van der Waals surface area contributed by atoms with E-state index in [9.17, 15) is 4.79 Å². The van der Waals surface area contributed by atoms with Crippen LogP contribution in [0.15, 0.2) is 267 Å². The molecule has 16 rings (SSSR count). The Kier molecular flexibility index (Phi) is 22.0. The summed E-state index contributed by atoms with van der Waals surface area (Å²) in [5.74, 6) is -1.38. The van der Waals surface area contributed by atoms with Crippen molar-refractivity contribution in [3.63, 3.8) is 0 Å². The van der Waals surface area contributed by atoms with E-state index in [0.29, 0.717) is 33.4 Å². The van der Waals surface area contributed by atoms with Crippen molar-refractivity contribution in [2.24, 2.45) is 5.92 Å². The van der Waals surface area contributed by atoms with Crippen molar-refractivity contribution in [3.05, 3.63) is 334 Å². The third-order valence-electron chi connectivity index (χ3n) is 19.7. The molecule has 9 aromatic carbocycles. The maximum absolute atomic E-state index is 16.2. The van der Waals surface area contributed by atoms with Crippen LogP contribution in [-0.2, 0) is 137 Å². The highest BCUT2D eigenvalue weighted by Crippen LogP contribution is 2.62. The molecule has 7 heterocycles. The Bertz CT molecular complexity index is 4820. The van der Waals surface area contributed by atoms with Gasteiger partial charge >= 0.3 is 23.5 Å². The van der Waals surface area contributed by atoms with E-state index in [4.69, 9.17) is 74.4 Å². The van der Waals surface area contributed by atoms with E-state index in [2.05, 4.69) is 10.3 Å². The molecule has 107 heavy (non-hydrogen) atoms. The lowest BCUT2D eigenvalue weighted by molar-refractivity contribution is -0.250. The lowest BCUT2D eigenvalue weighted by Gasteiger charge is -2.48. The molecule has 5 aliphatic heterocycles. The molecule has 2 aromatic heterocycles. The number of phosphoric ester groups is 3. The van der Waals surface area contributed by atoms with Gasteiger partial charge in [0.25, 0.3) is 5.91 Å². The van der Waals surface area contributed by atoms with Crippen molar-refractivity contribution >= 4 is 46.4 Å². The quantitative estimate of drug-likeness (QED) is 0.0436. The molecule has 23 nitrogen and oxygen atoms in total. The molecule has 2 fully saturated rings. The molecule has 26 heteroatoms. The number of nitrogens with one attached hydrogen (secondary N) is 1. The van der Waals surface area contributed by atoms with E-state index in [-0.39, 0.29) is 82.9 Å². The zero-order valence-electron chi connectivity index (χ0n) is 57.9. The lowest BCUT2D eigenvalue weighted by Crippen LogP contribution is -2.62. The minimum Gasteiger partial charge on any atom is -0.374 e.